The highest BCUT2D eigenvalue weighted by Gasteiger charge is 2.34. The van der Waals surface area contributed by atoms with Crippen LogP contribution in [-0.4, -0.2) is 70.9 Å². The van der Waals surface area contributed by atoms with Crippen LogP contribution in [0, 0.1) is 0 Å². The number of amides is 2. The first-order valence-corrected chi connectivity index (χ1v) is 13.2. The summed E-state index contributed by atoms with van der Waals surface area (Å²) in [6, 6.07) is 7.94. The number of aromatic nitrogens is 2. The Labute approximate surface area is 238 Å². The molecule has 0 spiro atoms. The molecule has 2 N–H and O–H groups in total. The molecule has 3 heterocycles. The Bertz CT molecular complexity index is 1460. The van der Waals surface area contributed by atoms with Gasteiger partial charge in [0.1, 0.15) is 12.1 Å². The van der Waals surface area contributed by atoms with Gasteiger partial charge in [-0.25, -0.2) is 4.98 Å². The highest BCUT2D eigenvalue weighted by atomic mass is 35.5. The van der Waals surface area contributed by atoms with Gasteiger partial charge in [0.05, 0.1) is 10.6 Å². The van der Waals surface area contributed by atoms with Crippen molar-refractivity contribution >= 4 is 34.9 Å². The van der Waals surface area contributed by atoms with E-state index in [2.05, 4.69) is 32.4 Å². The lowest BCUT2D eigenvalue weighted by atomic mass is 10.0. The van der Waals surface area contributed by atoms with Gasteiger partial charge >= 0.3 is 6.18 Å². The summed E-state index contributed by atoms with van der Waals surface area (Å²) in [7, 11) is 0. The molecule has 1 aromatic heterocycles. The Morgan fingerprint density at radius 3 is 2.61 bits per heavy atom. The Hall–Kier alpha value is -3.94. The van der Waals surface area contributed by atoms with Gasteiger partial charge in [-0.05, 0) is 42.4 Å². The molecular weight excluding hydrogens is 565 g/mol. The van der Waals surface area contributed by atoms with Crippen LogP contribution in [0.1, 0.15) is 28.4 Å². The van der Waals surface area contributed by atoms with Crippen LogP contribution in [-0.2, 0) is 17.5 Å². The van der Waals surface area contributed by atoms with E-state index in [-0.39, 0.29) is 58.2 Å². The highest BCUT2D eigenvalue weighted by Crippen LogP contribution is 2.39. The van der Waals surface area contributed by atoms with Gasteiger partial charge in [-0.15, -0.1) is 0 Å². The number of benzene rings is 2. The van der Waals surface area contributed by atoms with Crippen LogP contribution in [0.2, 0.25) is 5.02 Å². The van der Waals surface area contributed by atoms with E-state index in [0.29, 0.717) is 13.1 Å². The molecule has 41 heavy (non-hydrogen) atoms. The Kier molecular flexibility index (Phi) is 8.29. The molecule has 0 bridgehead atoms. The molecule has 0 aliphatic carbocycles. The van der Waals surface area contributed by atoms with Crippen LogP contribution in [0.3, 0.4) is 0 Å². The predicted molar refractivity (Wildman–Crippen MR) is 144 cm³/mol. The van der Waals surface area contributed by atoms with Crippen molar-refractivity contribution in [1.29, 1.82) is 0 Å². The molecule has 14 heteroatoms. The van der Waals surface area contributed by atoms with E-state index in [1.807, 2.05) is 4.90 Å². The van der Waals surface area contributed by atoms with Crippen molar-refractivity contribution in [2.75, 3.05) is 50.0 Å². The first kappa shape index (κ1) is 28.6. The highest BCUT2D eigenvalue weighted by molar-refractivity contribution is 6.32. The lowest BCUT2D eigenvalue weighted by Crippen LogP contribution is -2.45. The average Bonchev–Trinajstić information content (AvgIpc) is 2.94. The molecule has 1 fully saturated rings. The number of hydrogen-bond donors (Lipinski definition) is 2. The van der Waals surface area contributed by atoms with E-state index < -0.39 is 23.6 Å². The average molecular weight is 591 g/mol. The minimum atomic E-state index is -4.60. The van der Waals surface area contributed by atoms with Gasteiger partial charge in [0.15, 0.2) is 12.4 Å². The van der Waals surface area contributed by atoms with Crippen molar-refractivity contribution in [2.24, 2.45) is 0 Å². The Balaban J connectivity index is 1.32. The van der Waals surface area contributed by atoms with Crippen molar-refractivity contribution in [2.45, 2.75) is 19.6 Å². The zero-order valence-electron chi connectivity index (χ0n) is 21.9. The van der Waals surface area contributed by atoms with Gasteiger partial charge in [-0.1, -0.05) is 24.6 Å². The van der Waals surface area contributed by atoms with Crippen molar-refractivity contribution in [3.05, 3.63) is 64.4 Å². The predicted octanol–water partition coefficient (Wildman–Crippen LogP) is 4.66. The first-order valence-electron chi connectivity index (χ1n) is 12.8. The Morgan fingerprint density at radius 1 is 1.12 bits per heavy atom. The molecule has 1 saturated heterocycles. The second-order valence-electron chi connectivity index (χ2n) is 9.47. The number of hydrogen-bond acceptors (Lipinski definition) is 8. The molecule has 10 nitrogen and oxygen atoms in total. The quantitative estimate of drug-likeness (QED) is 0.409. The summed E-state index contributed by atoms with van der Waals surface area (Å²) in [6.07, 6.45) is -3.44. The number of carbonyl (C=O) groups is 2. The fourth-order valence-corrected chi connectivity index (χ4v) is 4.70. The number of rotatable bonds is 7. The van der Waals surface area contributed by atoms with E-state index in [9.17, 15) is 22.8 Å². The van der Waals surface area contributed by atoms with E-state index in [1.165, 1.54) is 30.3 Å². The van der Waals surface area contributed by atoms with Crippen molar-refractivity contribution < 1.29 is 32.2 Å². The fraction of sp³-hybridized carbons (Fsp3) is 0.333. The normalized spacial score (nSPS) is 16.0. The number of halogens is 4. The number of fused-ring (bicyclic) bond motifs is 1. The van der Waals surface area contributed by atoms with Crippen LogP contribution < -0.4 is 20.1 Å². The van der Waals surface area contributed by atoms with E-state index >= 15 is 0 Å². The second kappa shape index (κ2) is 11.9. The number of alkyl halides is 3. The fourth-order valence-electron chi connectivity index (χ4n) is 4.55. The summed E-state index contributed by atoms with van der Waals surface area (Å²) in [5, 5.41) is 5.19. The van der Waals surface area contributed by atoms with E-state index in [1.54, 1.807) is 0 Å². The third kappa shape index (κ3) is 6.69. The van der Waals surface area contributed by atoms with Gasteiger partial charge in [0, 0.05) is 44.0 Å². The molecule has 216 valence electrons. The molecule has 0 radical (unpaired) electrons. The number of carbonyl (C=O) groups excluding carboxylic acids is 2. The number of ether oxygens (including phenoxy) is 2. The lowest BCUT2D eigenvalue weighted by Gasteiger charge is -2.34. The monoisotopic (exact) mass is 590 g/mol. The smallest absolute Gasteiger partial charge is 0.416 e. The summed E-state index contributed by atoms with van der Waals surface area (Å²) in [4.78, 5) is 36.8. The molecule has 0 atom stereocenters. The largest absolute Gasteiger partial charge is 0.475 e. The topological polar surface area (TPSA) is 109 Å². The standard InChI is InChI=1S/C27H26ClF3N6O4/c1-2-36-7-9-37(10-8-36)13-17-3-5-18(12-19(17)27(29,30)31)34-25(39)16-4-6-20(28)21(11-16)41-26-23-24(32-15-33-26)35-22(38)14-40-23/h3-6,11-12,15H,2,7-10,13-14H2,1H3,(H,34,39)(H,32,33,35,38). The van der Waals surface area contributed by atoms with Gasteiger partial charge < -0.3 is 25.0 Å². The van der Waals surface area contributed by atoms with Crippen molar-refractivity contribution in [1.82, 2.24) is 19.8 Å². The zero-order valence-corrected chi connectivity index (χ0v) is 22.7. The molecule has 0 unspecified atom stereocenters. The number of anilines is 2. The maximum Gasteiger partial charge on any atom is 0.416 e. The summed E-state index contributed by atoms with van der Waals surface area (Å²) in [6.45, 7) is 5.86. The van der Waals surface area contributed by atoms with Gasteiger partial charge in [-0.3, -0.25) is 14.5 Å². The zero-order chi connectivity index (χ0) is 29.1. The third-order valence-electron chi connectivity index (χ3n) is 6.76. The first-order chi connectivity index (χ1) is 19.6. The number of likely N-dealkylation sites (N-methyl/N-ethyl adjacent to an activating group) is 1. The van der Waals surface area contributed by atoms with Crippen molar-refractivity contribution in [3.8, 4) is 17.4 Å². The minimum Gasteiger partial charge on any atom is -0.475 e. The number of nitrogens with one attached hydrogen (secondary N) is 2. The summed E-state index contributed by atoms with van der Waals surface area (Å²) in [5.41, 5.74) is -0.579. The molecule has 0 saturated carbocycles. The van der Waals surface area contributed by atoms with Crippen LogP contribution in [0.25, 0.3) is 0 Å². The van der Waals surface area contributed by atoms with Crippen LogP contribution >= 0.6 is 11.6 Å². The molecule has 2 aliphatic heterocycles. The number of nitrogens with zero attached hydrogens (tertiary/aromatic N) is 4. The molecule has 2 amide bonds. The number of piperazine rings is 1. The van der Waals surface area contributed by atoms with Crippen LogP contribution in [0.5, 0.6) is 17.4 Å². The molecule has 2 aliphatic rings. The summed E-state index contributed by atoms with van der Waals surface area (Å²) >= 11 is 6.26. The van der Waals surface area contributed by atoms with Crippen LogP contribution in [0.4, 0.5) is 24.7 Å². The molecular formula is C27H26ClF3N6O4. The third-order valence-corrected chi connectivity index (χ3v) is 7.07. The van der Waals surface area contributed by atoms with Gasteiger partial charge in [0.2, 0.25) is 5.75 Å². The lowest BCUT2D eigenvalue weighted by molar-refractivity contribution is -0.138. The maximum absolute atomic E-state index is 14.0. The minimum absolute atomic E-state index is 0.00620. The maximum atomic E-state index is 14.0. The second-order valence-corrected chi connectivity index (χ2v) is 9.88. The SMILES string of the molecule is CCN1CCN(Cc2ccc(NC(=O)c3ccc(Cl)c(Oc4ncnc5c4OCC(=O)N5)c3)cc2C(F)(F)F)CC1. The molecule has 3 aromatic rings. The van der Waals surface area contributed by atoms with E-state index in [4.69, 9.17) is 21.1 Å². The van der Waals surface area contributed by atoms with Gasteiger partial charge in [0.25, 0.3) is 17.7 Å². The van der Waals surface area contributed by atoms with Gasteiger partial charge in [-0.2, -0.15) is 18.2 Å². The summed E-state index contributed by atoms with van der Waals surface area (Å²) in [5.74, 6) is -0.869. The van der Waals surface area contributed by atoms with E-state index in [0.717, 1.165) is 32.0 Å². The Morgan fingerprint density at radius 2 is 1.88 bits per heavy atom. The van der Waals surface area contributed by atoms with Crippen molar-refractivity contribution in [3.63, 3.8) is 0 Å². The summed E-state index contributed by atoms with van der Waals surface area (Å²) < 4.78 is 53.1. The molecule has 2 aromatic carbocycles. The molecule has 5 rings (SSSR count). The van der Waals surface area contributed by atoms with Crippen LogP contribution in [0.15, 0.2) is 42.7 Å².